The average Bonchev–Trinajstić information content (AvgIpc) is 2.86. The van der Waals surface area contributed by atoms with Gasteiger partial charge in [0.25, 0.3) is 0 Å². The number of hydrogen-bond donors (Lipinski definition) is 2. The summed E-state index contributed by atoms with van der Waals surface area (Å²) in [6.45, 7) is 2.07. The van der Waals surface area contributed by atoms with Crippen molar-refractivity contribution in [2.24, 2.45) is 0 Å². The molecule has 108 valence electrons. The van der Waals surface area contributed by atoms with E-state index in [0.29, 0.717) is 0 Å². The Morgan fingerprint density at radius 1 is 1.25 bits per heavy atom. The third-order valence-corrected chi connectivity index (χ3v) is 6.14. The highest BCUT2D eigenvalue weighted by atomic mass is 79.9. The molecule has 0 bridgehead atoms. The van der Waals surface area contributed by atoms with Gasteiger partial charge in [-0.05, 0) is 60.2 Å². The number of benzene rings is 1. The SMILES string of the molecule is CNS(=O)(=O)c1ccc(NC(C)c2cc(Br)cs2)cc1. The lowest BCUT2D eigenvalue weighted by atomic mass is 10.2. The summed E-state index contributed by atoms with van der Waals surface area (Å²) in [4.78, 5) is 1.47. The Hall–Kier alpha value is -0.890. The molecule has 0 radical (unpaired) electrons. The van der Waals surface area contributed by atoms with Gasteiger partial charge in [-0.1, -0.05) is 0 Å². The Morgan fingerprint density at radius 3 is 2.40 bits per heavy atom. The van der Waals surface area contributed by atoms with Crippen LogP contribution in [0.1, 0.15) is 17.8 Å². The molecule has 20 heavy (non-hydrogen) atoms. The molecule has 4 nitrogen and oxygen atoms in total. The Bertz CT molecular complexity index is 681. The standard InChI is InChI=1S/C13H15BrN2O2S2/c1-9(13-7-10(14)8-19-13)16-11-3-5-12(6-4-11)20(17,18)15-2/h3-9,15-16H,1-2H3. The Labute approximate surface area is 131 Å². The van der Waals surface area contributed by atoms with Crippen LogP contribution in [0.4, 0.5) is 5.69 Å². The minimum Gasteiger partial charge on any atom is -0.378 e. The van der Waals surface area contributed by atoms with E-state index in [1.807, 2.05) is 5.38 Å². The van der Waals surface area contributed by atoms with Crippen molar-refractivity contribution in [3.8, 4) is 0 Å². The zero-order valence-electron chi connectivity index (χ0n) is 11.1. The first-order chi connectivity index (χ1) is 9.42. The van der Waals surface area contributed by atoms with Crippen LogP contribution in [0.3, 0.4) is 0 Å². The zero-order valence-corrected chi connectivity index (χ0v) is 14.3. The molecule has 1 atom stereocenters. The van der Waals surface area contributed by atoms with Gasteiger partial charge in [0.15, 0.2) is 0 Å². The molecule has 2 aromatic rings. The van der Waals surface area contributed by atoms with Crippen molar-refractivity contribution in [1.29, 1.82) is 0 Å². The summed E-state index contributed by atoms with van der Waals surface area (Å²) in [5, 5.41) is 5.38. The van der Waals surface area contributed by atoms with E-state index in [1.54, 1.807) is 35.6 Å². The molecule has 0 saturated heterocycles. The third kappa shape index (κ3) is 3.60. The Morgan fingerprint density at radius 2 is 1.90 bits per heavy atom. The lowest BCUT2D eigenvalue weighted by Gasteiger charge is -2.14. The molecule has 0 aliphatic rings. The van der Waals surface area contributed by atoms with E-state index in [2.05, 4.69) is 39.0 Å². The molecule has 2 N–H and O–H groups in total. The van der Waals surface area contributed by atoms with E-state index >= 15 is 0 Å². The first kappa shape index (κ1) is 15.5. The summed E-state index contributed by atoms with van der Waals surface area (Å²) in [7, 11) is -1.97. The van der Waals surface area contributed by atoms with Gasteiger partial charge in [-0.25, -0.2) is 13.1 Å². The maximum Gasteiger partial charge on any atom is 0.240 e. The van der Waals surface area contributed by atoms with Crippen molar-refractivity contribution in [2.75, 3.05) is 12.4 Å². The molecular formula is C13H15BrN2O2S2. The maximum atomic E-state index is 11.6. The van der Waals surface area contributed by atoms with Crippen LogP contribution < -0.4 is 10.0 Å². The summed E-state index contributed by atoms with van der Waals surface area (Å²) in [5.41, 5.74) is 0.886. The van der Waals surface area contributed by atoms with Crippen molar-refractivity contribution >= 4 is 43.0 Å². The monoisotopic (exact) mass is 374 g/mol. The smallest absolute Gasteiger partial charge is 0.240 e. The molecule has 0 amide bonds. The second-order valence-electron chi connectivity index (χ2n) is 4.27. The minimum atomic E-state index is -3.37. The van der Waals surface area contributed by atoms with Gasteiger partial charge in [0.1, 0.15) is 0 Å². The van der Waals surface area contributed by atoms with Crippen molar-refractivity contribution in [3.63, 3.8) is 0 Å². The number of hydrogen-bond acceptors (Lipinski definition) is 4. The Balaban J connectivity index is 2.11. The second-order valence-corrected chi connectivity index (χ2v) is 8.01. The van der Waals surface area contributed by atoms with Crippen LogP contribution in [0.15, 0.2) is 45.1 Å². The van der Waals surface area contributed by atoms with Crippen LogP contribution in [0.5, 0.6) is 0 Å². The summed E-state index contributed by atoms with van der Waals surface area (Å²) in [6.07, 6.45) is 0. The predicted octanol–water partition coefficient (Wildman–Crippen LogP) is 3.59. The lowest BCUT2D eigenvalue weighted by molar-refractivity contribution is 0.588. The average molecular weight is 375 g/mol. The van der Waals surface area contributed by atoms with Gasteiger partial charge in [-0.2, -0.15) is 0 Å². The normalized spacial score (nSPS) is 13.2. The van der Waals surface area contributed by atoms with Crippen molar-refractivity contribution in [1.82, 2.24) is 4.72 Å². The molecule has 7 heteroatoms. The van der Waals surface area contributed by atoms with E-state index < -0.39 is 10.0 Å². The van der Waals surface area contributed by atoms with Crippen LogP contribution in [0.25, 0.3) is 0 Å². The zero-order chi connectivity index (χ0) is 14.8. The topological polar surface area (TPSA) is 58.2 Å². The molecule has 1 aromatic carbocycles. The largest absolute Gasteiger partial charge is 0.378 e. The summed E-state index contributed by atoms with van der Waals surface area (Å²) < 4.78 is 26.6. The van der Waals surface area contributed by atoms with Crippen LogP contribution in [-0.2, 0) is 10.0 Å². The fourth-order valence-corrected chi connectivity index (χ4v) is 3.91. The number of rotatable bonds is 5. The third-order valence-electron chi connectivity index (χ3n) is 2.83. The number of anilines is 1. The molecule has 0 aliphatic carbocycles. The number of thiophene rings is 1. The van der Waals surface area contributed by atoms with E-state index in [0.717, 1.165) is 10.2 Å². The fraction of sp³-hybridized carbons (Fsp3) is 0.231. The fourth-order valence-electron chi connectivity index (χ4n) is 1.72. The van der Waals surface area contributed by atoms with Crippen LogP contribution in [0.2, 0.25) is 0 Å². The summed E-state index contributed by atoms with van der Waals surface area (Å²) >= 11 is 5.11. The molecule has 1 aromatic heterocycles. The first-order valence-corrected chi connectivity index (χ1v) is 9.12. The highest BCUT2D eigenvalue weighted by Crippen LogP contribution is 2.28. The molecule has 0 spiro atoms. The highest BCUT2D eigenvalue weighted by Gasteiger charge is 2.12. The number of nitrogens with one attached hydrogen (secondary N) is 2. The molecule has 0 aliphatic heterocycles. The van der Waals surface area contributed by atoms with Gasteiger partial charge in [-0.3, -0.25) is 0 Å². The van der Waals surface area contributed by atoms with Gasteiger partial charge >= 0.3 is 0 Å². The van der Waals surface area contributed by atoms with Crippen LogP contribution in [0, 0.1) is 0 Å². The molecular weight excluding hydrogens is 360 g/mol. The first-order valence-electron chi connectivity index (χ1n) is 5.96. The van der Waals surface area contributed by atoms with E-state index in [4.69, 9.17) is 0 Å². The molecule has 2 rings (SSSR count). The molecule has 0 fully saturated rings. The van der Waals surface area contributed by atoms with Crippen molar-refractivity contribution in [2.45, 2.75) is 17.9 Å². The summed E-state index contributed by atoms with van der Waals surface area (Å²) in [6, 6.07) is 8.95. The molecule has 0 saturated carbocycles. The van der Waals surface area contributed by atoms with Gasteiger partial charge in [-0.15, -0.1) is 11.3 Å². The minimum absolute atomic E-state index is 0.165. The van der Waals surface area contributed by atoms with E-state index in [-0.39, 0.29) is 10.9 Å². The lowest BCUT2D eigenvalue weighted by Crippen LogP contribution is -2.18. The molecule has 1 heterocycles. The van der Waals surface area contributed by atoms with E-state index in [9.17, 15) is 8.42 Å². The second kappa shape index (κ2) is 6.26. The Kier molecular flexibility index (Phi) is 4.85. The highest BCUT2D eigenvalue weighted by molar-refractivity contribution is 9.10. The van der Waals surface area contributed by atoms with Crippen LogP contribution >= 0.6 is 27.3 Å². The van der Waals surface area contributed by atoms with Crippen LogP contribution in [-0.4, -0.2) is 15.5 Å². The van der Waals surface area contributed by atoms with Gasteiger partial charge in [0.05, 0.1) is 10.9 Å². The van der Waals surface area contributed by atoms with Gasteiger partial charge < -0.3 is 5.32 Å². The number of halogens is 1. The predicted molar refractivity (Wildman–Crippen MR) is 86.7 cm³/mol. The van der Waals surface area contributed by atoms with Crippen molar-refractivity contribution in [3.05, 3.63) is 45.1 Å². The van der Waals surface area contributed by atoms with E-state index in [1.165, 1.54) is 11.9 Å². The van der Waals surface area contributed by atoms with Gasteiger partial charge in [0, 0.05) is 20.4 Å². The number of sulfonamides is 1. The quantitative estimate of drug-likeness (QED) is 0.840. The van der Waals surface area contributed by atoms with Gasteiger partial charge in [0.2, 0.25) is 10.0 Å². The summed E-state index contributed by atoms with van der Waals surface area (Å²) in [5.74, 6) is 0. The molecule has 1 unspecified atom stereocenters. The maximum absolute atomic E-state index is 11.6. The van der Waals surface area contributed by atoms with Crippen molar-refractivity contribution < 1.29 is 8.42 Å².